The van der Waals surface area contributed by atoms with Gasteiger partial charge in [-0.05, 0) is 55.1 Å². The number of halogens is 1. The zero-order chi connectivity index (χ0) is 19.2. The highest BCUT2D eigenvalue weighted by Crippen LogP contribution is 2.13. The summed E-state index contributed by atoms with van der Waals surface area (Å²) in [6, 6.07) is 12.7. The first-order valence-corrected chi connectivity index (χ1v) is 8.84. The van der Waals surface area contributed by atoms with Crippen molar-refractivity contribution in [3.05, 3.63) is 71.6 Å². The number of nitrogens with zero attached hydrogens (tertiary/aromatic N) is 2. The van der Waals surface area contributed by atoms with E-state index in [9.17, 15) is 14.0 Å². The van der Waals surface area contributed by atoms with Crippen LogP contribution in [0.3, 0.4) is 0 Å². The number of piperazine rings is 1. The maximum atomic E-state index is 12.9. The fraction of sp³-hybridized carbons (Fsp3) is 0.238. The Labute approximate surface area is 158 Å². The average Bonchev–Trinajstić information content (AvgIpc) is 2.68. The maximum Gasteiger partial charge on any atom is 0.253 e. The Morgan fingerprint density at radius 2 is 1.59 bits per heavy atom. The first-order valence-electron chi connectivity index (χ1n) is 8.84. The molecular weight excluding hydrogens is 345 g/mol. The molecule has 0 aromatic heterocycles. The van der Waals surface area contributed by atoms with Crippen LogP contribution in [0.1, 0.15) is 15.9 Å². The number of anilines is 1. The van der Waals surface area contributed by atoms with Gasteiger partial charge >= 0.3 is 0 Å². The van der Waals surface area contributed by atoms with Gasteiger partial charge in [0.2, 0.25) is 5.91 Å². The van der Waals surface area contributed by atoms with E-state index < -0.39 is 0 Å². The van der Waals surface area contributed by atoms with E-state index in [4.69, 9.17) is 0 Å². The van der Waals surface area contributed by atoms with Gasteiger partial charge in [0.25, 0.3) is 5.91 Å². The van der Waals surface area contributed by atoms with E-state index >= 15 is 0 Å². The van der Waals surface area contributed by atoms with Gasteiger partial charge in [-0.1, -0.05) is 12.1 Å². The molecule has 0 unspecified atom stereocenters. The highest BCUT2D eigenvalue weighted by molar-refractivity contribution is 6.02. The number of benzene rings is 2. The molecular formula is C21H22FN3O2. The molecule has 1 aliphatic heterocycles. The van der Waals surface area contributed by atoms with Crippen LogP contribution in [0.5, 0.6) is 0 Å². The van der Waals surface area contributed by atoms with Crippen LogP contribution in [-0.2, 0) is 4.79 Å². The summed E-state index contributed by atoms with van der Waals surface area (Å²) >= 11 is 0. The number of amides is 2. The van der Waals surface area contributed by atoms with E-state index in [2.05, 4.69) is 10.2 Å². The fourth-order valence-corrected chi connectivity index (χ4v) is 2.82. The predicted molar refractivity (Wildman–Crippen MR) is 104 cm³/mol. The monoisotopic (exact) mass is 367 g/mol. The lowest BCUT2D eigenvalue weighted by atomic mass is 10.1. The van der Waals surface area contributed by atoms with Crippen LogP contribution in [0.15, 0.2) is 54.6 Å². The summed E-state index contributed by atoms with van der Waals surface area (Å²) in [6.07, 6.45) is 3.00. The second kappa shape index (κ2) is 8.60. The first-order chi connectivity index (χ1) is 13.0. The van der Waals surface area contributed by atoms with Crippen molar-refractivity contribution in [2.24, 2.45) is 0 Å². The van der Waals surface area contributed by atoms with E-state index in [0.717, 1.165) is 31.7 Å². The van der Waals surface area contributed by atoms with Crippen molar-refractivity contribution in [1.82, 2.24) is 9.80 Å². The van der Waals surface area contributed by atoms with Gasteiger partial charge in [0.05, 0.1) is 0 Å². The third-order valence-electron chi connectivity index (χ3n) is 4.49. The van der Waals surface area contributed by atoms with E-state index in [0.29, 0.717) is 11.3 Å². The molecule has 0 atom stereocenters. The van der Waals surface area contributed by atoms with Gasteiger partial charge in [-0.2, -0.15) is 0 Å². The third kappa shape index (κ3) is 5.24. The number of carbonyl (C=O) groups excluding carboxylic acids is 2. The predicted octanol–water partition coefficient (Wildman–Crippen LogP) is 2.87. The highest BCUT2D eigenvalue weighted by atomic mass is 19.1. The fourth-order valence-electron chi connectivity index (χ4n) is 2.82. The molecule has 2 aromatic carbocycles. The molecule has 0 bridgehead atoms. The number of carbonyl (C=O) groups is 2. The van der Waals surface area contributed by atoms with Crippen LogP contribution in [0.4, 0.5) is 10.1 Å². The van der Waals surface area contributed by atoms with E-state index in [1.54, 1.807) is 42.5 Å². The summed E-state index contributed by atoms with van der Waals surface area (Å²) in [5.74, 6) is -0.600. The minimum Gasteiger partial charge on any atom is -0.336 e. The van der Waals surface area contributed by atoms with Crippen molar-refractivity contribution in [3.8, 4) is 0 Å². The summed E-state index contributed by atoms with van der Waals surface area (Å²) < 4.78 is 12.9. The Hall–Kier alpha value is -2.99. The number of hydrogen-bond donors (Lipinski definition) is 1. The summed E-state index contributed by atoms with van der Waals surface area (Å²) in [5.41, 5.74) is 1.96. The van der Waals surface area contributed by atoms with E-state index in [1.807, 2.05) is 11.9 Å². The summed E-state index contributed by atoms with van der Waals surface area (Å²) in [6.45, 7) is 3.20. The van der Waals surface area contributed by atoms with Gasteiger partial charge in [0.15, 0.2) is 0 Å². The summed E-state index contributed by atoms with van der Waals surface area (Å²) in [7, 11) is 2.05. The Morgan fingerprint density at radius 1 is 0.963 bits per heavy atom. The minimum absolute atomic E-state index is 0.0113. The van der Waals surface area contributed by atoms with Gasteiger partial charge in [-0.25, -0.2) is 4.39 Å². The van der Waals surface area contributed by atoms with E-state index in [-0.39, 0.29) is 17.6 Å². The molecule has 27 heavy (non-hydrogen) atoms. The molecule has 2 amide bonds. The maximum absolute atomic E-state index is 12.9. The van der Waals surface area contributed by atoms with Gasteiger partial charge < -0.3 is 15.1 Å². The van der Waals surface area contributed by atoms with Gasteiger partial charge in [-0.3, -0.25) is 9.59 Å². The van der Waals surface area contributed by atoms with Gasteiger partial charge in [0.1, 0.15) is 5.82 Å². The molecule has 0 aliphatic carbocycles. The first kappa shape index (κ1) is 18.8. The molecule has 1 fully saturated rings. The normalized spacial score (nSPS) is 15.1. The molecule has 140 valence electrons. The molecule has 0 radical (unpaired) electrons. The summed E-state index contributed by atoms with van der Waals surface area (Å²) in [5, 5.41) is 2.74. The van der Waals surface area contributed by atoms with Crippen molar-refractivity contribution < 1.29 is 14.0 Å². The average molecular weight is 367 g/mol. The van der Waals surface area contributed by atoms with Crippen molar-refractivity contribution in [2.45, 2.75) is 0 Å². The van der Waals surface area contributed by atoms with Gasteiger partial charge in [-0.15, -0.1) is 0 Å². The van der Waals surface area contributed by atoms with Crippen molar-refractivity contribution in [2.75, 3.05) is 38.5 Å². The SMILES string of the molecule is CN1CCN(C(=O)c2ccc(NC(=O)/C=C/c3ccc(F)cc3)cc2)CC1. The Morgan fingerprint density at radius 3 is 2.22 bits per heavy atom. The molecule has 1 aliphatic rings. The van der Waals surface area contributed by atoms with Crippen molar-refractivity contribution >= 4 is 23.6 Å². The van der Waals surface area contributed by atoms with Crippen LogP contribution in [0.25, 0.3) is 6.08 Å². The zero-order valence-corrected chi connectivity index (χ0v) is 15.2. The molecule has 6 heteroatoms. The third-order valence-corrected chi connectivity index (χ3v) is 4.49. The van der Waals surface area contributed by atoms with Crippen LogP contribution < -0.4 is 5.32 Å². The zero-order valence-electron chi connectivity index (χ0n) is 15.2. The Balaban J connectivity index is 1.56. The molecule has 0 spiro atoms. The lowest BCUT2D eigenvalue weighted by molar-refractivity contribution is -0.111. The molecule has 0 saturated carbocycles. The molecule has 1 N–H and O–H groups in total. The van der Waals surface area contributed by atoms with Crippen LogP contribution in [0, 0.1) is 5.82 Å². The molecule has 1 saturated heterocycles. The second-order valence-electron chi connectivity index (χ2n) is 6.55. The summed E-state index contributed by atoms with van der Waals surface area (Å²) in [4.78, 5) is 28.5. The van der Waals surface area contributed by atoms with Crippen molar-refractivity contribution in [1.29, 1.82) is 0 Å². The molecule has 5 nitrogen and oxygen atoms in total. The number of likely N-dealkylation sites (N-methyl/N-ethyl adjacent to an activating group) is 1. The largest absolute Gasteiger partial charge is 0.336 e. The molecule has 3 rings (SSSR count). The van der Waals surface area contributed by atoms with Crippen LogP contribution >= 0.6 is 0 Å². The second-order valence-corrected chi connectivity index (χ2v) is 6.55. The Bertz CT molecular complexity index is 824. The standard InChI is InChI=1S/C21H22FN3O2/c1-24-12-14-25(15-13-24)21(27)17-5-9-19(10-6-17)23-20(26)11-4-16-2-7-18(22)8-3-16/h2-11H,12-15H2,1H3,(H,23,26)/b11-4+. The minimum atomic E-state index is -0.317. The number of rotatable bonds is 4. The lowest BCUT2D eigenvalue weighted by Gasteiger charge is -2.32. The smallest absolute Gasteiger partial charge is 0.253 e. The Kier molecular flexibility index (Phi) is 5.98. The molecule has 2 aromatic rings. The van der Waals surface area contributed by atoms with Crippen molar-refractivity contribution in [3.63, 3.8) is 0 Å². The van der Waals surface area contributed by atoms with Gasteiger partial charge in [0, 0.05) is 43.5 Å². The quantitative estimate of drug-likeness (QED) is 0.846. The topological polar surface area (TPSA) is 52.6 Å². The van der Waals surface area contributed by atoms with Crippen LogP contribution in [-0.4, -0.2) is 54.8 Å². The van der Waals surface area contributed by atoms with E-state index in [1.165, 1.54) is 18.2 Å². The highest BCUT2D eigenvalue weighted by Gasteiger charge is 2.20. The number of hydrogen-bond acceptors (Lipinski definition) is 3. The van der Waals surface area contributed by atoms with Crippen LogP contribution in [0.2, 0.25) is 0 Å². The molecule has 1 heterocycles. The lowest BCUT2D eigenvalue weighted by Crippen LogP contribution is -2.47. The number of nitrogens with one attached hydrogen (secondary N) is 1.